The molecule has 0 fully saturated rings. The average molecular weight is 381 g/mol. The van der Waals surface area contributed by atoms with Gasteiger partial charge in [0.2, 0.25) is 0 Å². The lowest BCUT2D eigenvalue weighted by Gasteiger charge is -2.17. The zero-order chi connectivity index (χ0) is 20.1. The van der Waals surface area contributed by atoms with Crippen LogP contribution in [0, 0.1) is 0 Å². The van der Waals surface area contributed by atoms with E-state index in [2.05, 4.69) is 98.8 Å². The molecular formula is C29H32. The first-order chi connectivity index (χ1) is 14.2. The van der Waals surface area contributed by atoms with Crippen molar-refractivity contribution in [2.24, 2.45) is 0 Å². The Balaban J connectivity index is 1.46. The van der Waals surface area contributed by atoms with Gasteiger partial charge in [-0.25, -0.2) is 0 Å². The van der Waals surface area contributed by atoms with Gasteiger partial charge in [0.15, 0.2) is 0 Å². The molecule has 0 amide bonds. The Hall–Kier alpha value is -2.60. The van der Waals surface area contributed by atoms with Crippen molar-refractivity contribution in [2.45, 2.75) is 57.8 Å². The standard InChI is InChI=1S/C29H32/c1-22(24-11-5-3-6-12-24)19-26-15-9-17-28(26)21-29-18-10-16-27(29)20-23(2)25-13-7-4-8-14-25/h3-16,22-23H,17-21H2,1-2H3. The first kappa shape index (κ1) is 19.7. The van der Waals surface area contributed by atoms with Gasteiger partial charge >= 0.3 is 0 Å². The molecule has 2 aromatic carbocycles. The molecule has 0 saturated heterocycles. The number of allylic oxidation sites excluding steroid dienone is 8. The molecule has 2 aliphatic carbocycles. The van der Waals surface area contributed by atoms with Crippen LogP contribution in [0.1, 0.15) is 68.9 Å². The van der Waals surface area contributed by atoms with Crippen LogP contribution >= 0.6 is 0 Å². The van der Waals surface area contributed by atoms with E-state index in [1.807, 2.05) is 0 Å². The molecule has 0 heteroatoms. The highest BCUT2D eigenvalue weighted by molar-refractivity contribution is 5.43. The lowest BCUT2D eigenvalue weighted by atomic mass is 9.88. The zero-order valence-corrected chi connectivity index (χ0v) is 17.8. The molecular weight excluding hydrogens is 348 g/mol. The molecule has 0 aliphatic heterocycles. The van der Waals surface area contributed by atoms with Crippen LogP contribution < -0.4 is 0 Å². The van der Waals surface area contributed by atoms with Gasteiger partial charge in [0.1, 0.15) is 0 Å². The summed E-state index contributed by atoms with van der Waals surface area (Å²) in [4.78, 5) is 0. The van der Waals surface area contributed by atoms with Crippen LogP contribution in [0.4, 0.5) is 0 Å². The Labute approximate surface area is 176 Å². The molecule has 2 aliphatic rings. The zero-order valence-electron chi connectivity index (χ0n) is 17.8. The van der Waals surface area contributed by atoms with Crippen molar-refractivity contribution in [1.82, 2.24) is 0 Å². The Morgan fingerprint density at radius 3 is 1.45 bits per heavy atom. The van der Waals surface area contributed by atoms with Crippen LogP contribution in [-0.2, 0) is 0 Å². The molecule has 2 atom stereocenters. The van der Waals surface area contributed by atoms with Crippen molar-refractivity contribution in [3.8, 4) is 0 Å². The van der Waals surface area contributed by atoms with E-state index in [0.717, 1.165) is 32.1 Å². The molecule has 0 saturated carbocycles. The Kier molecular flexibility index (Phi) is 6.30. The molecule has 0 bridgehead atoms. The van der Waals surface area contributed by atoms with Crippen LogP contribution in [0.25, 0.3) is 0 Å². The van der Waals surface area contributed by atoms with Crippen molar-refractivity contribution in [1.29, 1.82) is 0 Å². The minimum Gasteiger partial charge on any atom is -0.0802 e. The second kappa shape index (κ2) is 9.27. The second-order valence-corrected chi connectivity index (χ2v) is 8.68. The molecule has 29 heavy (non-hydrogen) atoms. The van der Waals surface area contributed by atoms with Gasteiger partial charge in [-0.05, 0) is 66.2 Å². The molecule has 0 radical (unpaired) electrons. The van der Waals surface area contributed by atoms with Gasteiger partial charge in [0.25, 0.3) is 0 Å². The summed E-state index contributed by atoms with van der Waals surface area (Å²) in [6.07, 6.45) is 15.2. The quantitative estimate of drug-likeness (QED) is 0.432. The van der Waals surface area contributed by atoms with E-state index in [1.165, 1.54) is 11.1 Å². The van der Waals surface area contributed by atoms with Crippen LogP contribution in [-0.4, -0.2) is 0 Å². The van der Waals surface area contributed by atoms with Gasteiger partial charge in [-0.2, -0.15) is 0 Å². The van der Waals surface area contributed by atoms with Crippen molar-refractivity contribution in [3.63, 3.8) is 0 Å². The fourth-order valence-electron chi connectivity index (χ4n) is 4.70. The fourth-order valence-corrected chi connectivity index (χ4v) is 4.70. The van der Waals surface area contributed by atoms with Crippen LogP contribution in [0.5, 0.6) is 0 Å². The molecule has 0 aromatic heterocycles. The maximum atomic E-state index is 2.38. The number of hydrogen-bond donors (Lipinski definition) is 0. The minimum atomic E-state index is 0.567. The third kappa shape index (κ3) is 4.88. The highest BCUT2D eigenvalue weighted by Gasteiger charge is 2.18. The molecule has 0 heterocycles. The van der Waals surface area contributed by atoms with E-state index in [1.54, 1.807) is 22.3 Å². The summed E-state index contributed by atoms with van der Waals surface area (Å²) in [5.41, 5.74) is 9.29. The van der Waals surface area contributed by atoms with Gasteiger partial charge < -0.3 is 0 Å². The third-order valence-corrected chi connectivity index (χ3v) is 6.49. The SMILES string of the molecule is CC(CC1=C(CC2=C(CC(C)c3ccccc3)C=CC2)CC=C1)c1ccccc1. The first-order valence-corrected chi connectivity index (χ1v) is 11.1. The summed E-state index contributed by atoms with van der Waals surface area (Å²) in [7, 11) is 0. The second-order valence-electron chi connectivity index (χ2n) is 8.68. The Morgan fingerprint density at radius 1 is 0.621 bits per heavy atom. The van der Waals surface area contributed by atoms with Gasteiger partial charge in [0.05, 0.1) is 0 Å². The number of rotatable bonds is 8. The van der Waals surface area contributed by atoms with Gasteiger partial charge in [0, 0.05) is 0 Å². The highest BCUT2D eigenvalue weighted by Crippen LogP contribution is 2.37. The summed E-state index contributed by atoms with van der Waals surface area (Å²) in [6.45, 7) is 4.71. The lowest BCUT2D eigenvalue weighted by Crippen LogP contribution is -1.99. The summed E-state index contributed by atoms with van der Waals surface area (Å²) in [6, 6.07) is 21.9. The molecule has 0 nitrogen and oxygen atoms in total. The van der Waals surface area contributed by atoms with E-state index < -0.39 is 0 Å². The van der Waals surface area contributed by atoms with Crippen molar-refractivity contribution in [3.05, 3.63) is 118 Å². The predicted molar refractivity (Wildman–Crippen MR) is 125 cm³/mol. The predicted octanol–water partition coefficient (Wildman–Crippen LogP) is 8.28. The van der Waals surface area contributed by atoms with Gasteiger partial charge in [-0.1, -0.05) is 110 Å². The summed E-state index contributed by atoms with van der Waals surface area (Å²) in [5, 5.41) is 0. The molecule has 0 spiro atoms. The van der Waals surface area contributed by atoms with Crippen LogP contribution in [0.2, 0.25) is 0 Å². The third-order valence-electron chi connectivity index (χ3n) is 6.49. The van der Waals surface area contributed by atoms with Crippen molar-refractivity contribution >= 4 is 0 Å². The van der Waals surface area contributed by atoms with E-state index in [0.29, 0.717) is 11.8 Å². The van der Waals surface area contributed by atoms with Gasteiger partial charge in [-0.3, -0.25) is 0 Å². The van der Waals surface area contributed by atoms with Crippen molar-refractivity contribution < 1.29 is 0 Å². The van der Waals surface area contributed by atoms with Crippen LogP contribution in [0.15, 0.2) is 107 Å². The van der Waals surface area contributed by atoms with E-state index in [4.69, 9.17) is 0 Å². The fraction of sp³-hybridized carbons (Fsp3) is 0.310. The van der Waals surface area contributed by atoms with E-state index in [9.17, 15) is 0 Å². The molecule has 0 N–H and O–H groups in total. The summed E-state index contributed by atoms with van der Waals surface area (Å²) >= 11 is 0. The topological polar surface area (TPSA) is 0 Å². The average Bonchev–Trinajstić information content (AvgIpc) is 3.39. The minimum absolute atomic E-state index is 0.567. The van der Waals surface area contributed by atoms with Gasteiger partial charge in [-0.15, -0.1) is 0 Å². The van der Waals surface area contributed by atoms with E-state index in [-0.39, 0.29) is 0 Å². The first-order valence-electron chi connectivity index (χ1n) is 11.1. The summed E-state index contributed by atoms with van der Waals surface area (Å²) < 4.78 is 0. The molecule has 2 unspecified atom stereocenters. The smallest absolute Gasteiger partial charge is 0.00906 e. The molecule has 2 aromatic rings. The largest absolute Gasteiger partial charge is 0.0802 e. The maximum absolute atomic E-state index is 2.38. The van der Waals surface area contributed by atoms with Crippen molar-refractivity contribution in [2.75, 3.05) is 0 Å². The monoisotopic (exact) mass is 380 g/mol. The highest BCUT2D eigenvalue weighted by atomic mass is 14.2. The number of hydrogen-bond acceptors (Lipinski definition) is 0. The lowest BCUT2D eigenvalue weighted by molar-refractivity contribution is 0.747. The summed E-state index contributed by atoms with van der Waals surface area (Å²) in [5.74, 6) is 1.13. The molecule has 4 rings (SSSR count). The Bertz CT molecular complexity index is 859. The maximum Gasteiger partial charge on any atom is -0.00906 e. The number of benzene rings is 2. The van der Waals surface area contributed by atoms with E-state index >= 15 is 0 Å². The van der Waals surface area contributed by atoms with Crippen LogP contribution in [0.3, 0.4) is 0 Å². The Morgan fingerprint density at radius 2 is 1.03 bits per heavy atom. The molecule has 148 valence electrons. The normalized spacial score (nSPS) is 18.0.